The van der Waals surface area contributed by atoms with Gasteiger partial charge in [0.2, 0.25) is 5.91 Å². The molecule has 1 heterocycles. The van der Waals surface area contributed by atoms with Gasteiger partial charge in [-0.25, -0.2) is 0 Å². The zero-order valence-electron chi connectivity index (χ0n) is 14.5. The molecule has 1 aromatic rings. The highest BCUT2D eigenvalue weighted by Gasteiger charge is 2.34. The van der Waals surface area contributed by atoms with Gasteiger partial charge in [0.05, 0.1) is 5.56 Å². The lowest BCUT2D eigenvalue weighted by Crippen LogP contribution is -2.38. The normalized spacial score (nSPS) is 14.1. The Bertz CT molecular complexity index is 561. The number of hydrogen-bond donors (Lipinski definition) is 1. The highest BCUT2D eigenvalue weighted by Crippen LogP contribution is 2.29. The van der Waals surface area contributed by atoms with Crippen LogP contribution < -0.4 is 5.32 Å². The fraction of sp³-hybridized carbons (Fsp3) is 0.647. The van der Waals surface area contributed by atoms with Gasteiger partial charge in [-0.15, -0.1) is 0 Å². The summed E-state index contributed by atoms with van der Waals surface area (Å²) < 4.78 is 5.46. The third-order valence-electron chi connectivity index (χ3n) is 3.98. The van der Waals surface area contributed by atoms with Crippen molar-refractivity contribution in [2.75, 3.05) is 33.7 Å². The lowest BCUT2D eigenvalue weighted by atomic mass is 10.2. The summed E-state index contributed by atoms with van der Waals surface area (Å²) in [6.07, 6.45) is 2.37. The second-order valence-corrected chi connectivity index (χ2v) is 6.46. The molecule has 0 aromatic carbocycles. The van der Waals surface area contributed by atoms with Gasteiger partial charge in [-0.3, -0.25) is 9.59 Å². The summed E-state index contributed by atoms with van der Waals surface area (Å²) in [6.45, 7) is 5.54. The lowest BCUT2D eigenvalue weighted by Gasteiger charge is -2.22. The van der Waals surface area contributed by atoms with Crippen LogP contribution in [0, 0.1) is 13.8 Å². The lowest BCUT2D eigenvalue weighted by molar-refractivity contribution is -0.121. The van der Waals surface area contributed by atoms with E-state index in [1.165, 1.54) is 0 Å². The van der Waals surface area contributed by atoms with E-state index in [0.717, 1.165) is 25.1 Å². The molecule has 0 radical (unpaired) electrons. The van der Waals surface area contributed by atoms with Gasteiger partial charge in [0, 0.05) is 32.1 Å². The van der Waals surface area contributed by atoms with Crippen LogP contribution in [-0.2, 0) is 4.79 Å². The van der Waals surface area contributed by atoms with E-state index < -0.39 is 0 Å². The molecule has 0 spiro atoms. The van der Waals surface area contributed by atoms with Crippen molar-refractivity contribution in [3.05, 3.63) is 23.2 Å². The molecule has 1 fully saturated rings. The number of nitrogens with zero attached hydrogens (tertiary/aromatic N) is 2. The quantitative estimate of drug-likeness (QED) is 0.789. The molecule has 0 saturated heterocycles. The molecule has 1 aliphatic rings. The van der Waals surface area contributed by atoms with Crippen LogP contribution in [0.4, 0.5) is 0 Å². The fourth-order valence-corrected chi connectivity index (χ4v) is 2.56. The van der Waals surface area contributed by atoms with Crippen LogP contribution in [0.15, 0.2) is 10.5 Å². The van der Waals surface area contributed by atoms with Gasteiger partial charge in [-0.2, -0.15) is 0 Å². The van der Waals surface area contributed by atoms with E-state index >= 15 is 0 Å². The van der Waals surface area contributed by atoms with Crippen molar-refractivity contribution in [3.8, 4) is 0 Å². The Balaban J connectivity index is 1.88. The molecule has 23 heavy (non-hydrogen) atoms. The monoisotopic (exact) mass is 321 g/mol. The van der Waals surface area contributed by atoms with Crippen molar-refractivity contribution in [1.29, 1.82) is 0 Å². The second kappa shape index (κ2) is 7.64. The Morgan fingerprint density at radius 1 is 1.26 bits per heavy atom. The third-order valence-corrected chi connectivity index (χ3v) is 3.98. The van der Waals surface area contributed by atoms with Gasteiger partial charge >= 0.3 is 0 Å². The molecule has 0 atom stereocenters. The van der Waals surface area contributed by atoms with Crippen LogP contribution in [0.1, 0.15) is 41.1 Å². The van der Waals surface area contributed by atoms with Gasteiger partial charge in [0.15, 0.2) is 0 Å². The number of amides is 2. The zero-order valence-corrected chi connectivity index (χ0v) is 14.5. The maximum atomic E-state index is 12.7. The minimum absolute atomic E-state index is 0.00889. The molecule has 2 rings (SSSR count). The number of nitrogens with one attached hydrogen (secondary N) is 1. The molecular formula is C17H27N3O3. The van der Waals surface area contributed by atoms with Crippen molar-refractivity contribution in [2.45, 2.75) is 39.2 Å². The molecule has 1 saturated carbocycles. The first-order valence-electron chi connectivity index (χ1n) is 8.18. The molecule has 6 heteroatoms. The number of rotatable bonds is 8. The van der Waals surface area contributed by atoms with Crippen molar-refractivity contribution >= 4 is 11.8 Å². The molecule has 0 unspecified atom stereocenters. The average molecular weight is 321 g/mol. The Morgan fingerprint density at radius 3 is 2.48 bits per heavy atom. The summed E-state index contributed by atoms with van der Waals surface area (Å²) in [5.74, 6) is 1.35. The van der Waals surface area contributed by atoms with Gasteiger partial charge in [-0.05, 0) is 46.9 Å². The number of carbonyl (C=O) groups excluding carboxylic acids is 2. The minimum Gasteiger partial charge on any atom is -0.466 e. The molecule has 0 aliphatic heterocycles. The summed E-state index contributed by atoms with van der Waals surface area (Å²) in [7, 11) is 3.93. The summed E-state index contributed by atoms with van der Waals surface area (Å²) in [5, 5.41) is 2.89. The first kappa shape index (κ1) is 17.5. The first-order valence-corrected chi connectivity index (χ1v) is 8.18. The largest absolute Gasteiger partial charge is 0.466 e. The molecule has 128 valence electrons. The fourth-order valence-electron chi connectivity index (χ4n) is 2.56. The van der Waals surface area contributed by atoms with Gasteiger partial charge in [0.25, 0.3) is 5.91 Å². The molecule has 1 aromatic heterocycles. The predicted octanol–water partition coefficient (Wildman–Crippen LogP) is 1.57. The number of hydrogen-bond acceptors (Lipinski definition) is 4. The average Bonchev–Trinajstić information content (AvgIpc) is 3.23. The number of aryl methyl sites for hydroxylation is 2. The van der Waals surface area contributed by atoms with Crippen LogP contribution in [0.5, 0.6) is 0 Å². The van der Waals surface area contributed by atoms with E-state index in [9.17, 15) is 9.59 Å². The van der Waals surface area contributed by atoms with E-state index in [-0.39, 0.29) is 17.9 Å². The van der Waals surface area contributed by atoms with Crippen LogP contribution >= 0.6 is 0 Å². The van der Waals surface area contributed by atoms with Crippen LogP contribution in [0.2, 0.25) is 0 Å². The Labute approximate surface area is 137 Å². The van der Waals surface area contributed by atoms with Gasteiger partial charge in [0.1, 0.15) is 11.5 Å². The smallest absolute Gasteiger partial charge is 0.257 e. The molecule has 1 N–H and O–H groups in total. The standard InChI is InChI=1S/C17H27N3O3/c1-12-11-15(13(2)23-12)17(22)20(14-5-6-14)9-7-16(21)18-8-10-19(3)4/h11,14H,5-10H2,1-4H3,(H,18,21). The number of carbonyl (C=O) groups is 2. The van der Waals surface area contributed by atoms with Crippen molar-refractivity contribution < 1.29 is 14.0 Å². The minimum atomic E-state index is -0.0251. The maximum absolute atomic E-state index is 12.7. The summed E-state index contributed by atoms with van der Waals surface area (Å²) in [6, 6.07) is 2.05. The van der Waals surface area contributed by atoms with Crippen molar-refractivity contribution in [2.24, 2.45) is 0 Å². The third kappa shape index (κ3) is 5.10. The van der Waals surface area contributed by atoms with E-state index in [1.807, 2.05) is 30.8 Å². The van der Waals surface area contributed by atoms with E-state index in [2.05, 4.69) is 5.32 Å². The highest BCUT2D eigenvalue weighted by molar-refractivity contribution is 5.96. The SMILES string of the molecule is Cc1cc(C(=O)N(CCC(=O)NCCN(C)C)C2CC2)c(C)o1. The number of furan rings is 1. The van der Waals surface area contributed by atoms with Crippen molar-refractivity contribution in [3.63, 3.8) is 0 Å². The Hall–Kier alpha value is -1.82. The van der Waals surface area contributed by atoms with E-state index in [4.69, 9.17) is 4.42 Å². The van der Waals surface area contributed by atoms with Crippen LogP contribution in [0.25, 0.3) is 0 Å². The summed E-state index contributed by atoms with van der Waals surface area (Å²) in [4.78, 5) is 28.5. The molecule has 6 nitrogen and oxygen atoms in total. The maximum Gasteiger partial charge on any atom is 0.257 e. The highest BCUT2D eigenvalue weighted by atomic mass is 16.3. The Morgan fingerprint density at radius 2 is 1.96 bits per heavy atom. The summed E-state index contributed by atoms with van der Waals surface area (Å²) >= 11 is 0. The van der Waals surface area contributed by atoms with Gasteiger partial charge in [-0.1, -0.05) is 0 Å². The molecule has 0 bridgehead atoms. The van der Waals surface area contributed by atoms with Gasteiger partial charge < -0.3 is 19.5 Å². The van der Waals surface area contributed by atoms with Crippen molar-refractivity contribution in [1.82, 2.24) is 15.1 Å². The number of likely N-dealkylation sites (N-methyl/N-ethyl adjacent to an activating group) is 1. The second-order valence-electron chi connectivity index (χ2n) is 6.46. The van der Waals surface area contributed by atoms with Crippen LogP contribution in [-0.4, -0.2) is 61.4 Å². The molecule has 2 amide bonds. The topological polar surface area (TPSA) is 65.8 Å². The predicted molar refractivity (Wildman–Crippen MR) is 88.4 cm³/mol. The molecular weight excluding hydrogens is 294 g/mol. The Kier molecular flexibility index (Phi) is 5.82. The van der Waals surface area contributed by atoms with E-state index in [1.54, 1.807) is 13.0 Å². The van der Waals surface area contributed by atoms with E-state index in [0.29, 0.717) is 30.8 Å². The molecule has 1 aliphatic carbocycles. The zero-order chi connectivity index (χ0) is 17.0. The summed E-state index contributed by atoms with van der Waals surface area (Å²) in [5.41, 5.74) is 0.613. The van der Waals surface area contributed by atoms with Crippen LogP contribution in [0.3, 0.4) is 0 Å². The first-order chi connectivity index (χ1) is 10.9.